The molecule has 2 N–H and O–H groups in total. The Kier molecular flexibility index (Phi) is 4.13. The molecule has 25 heavy (non-hydrogen) atoms. The van der Waals surface area contributed by atoms with Crippen molar-refractivity contribution in [2.75, 3.05) is 6.54 Å². The fourth-order valence-electron chi connectivity index (χ4n) is 3.32. The highest BCUT2D eigenvalue weighted by Crippen LogP contribution is 2.32. The van der Waals surface area contributed by atoms with Gasteiger partial charge in [0.25, 0.3) is 5.91 Å². The summed E-state index contributed by atoms with van der Waals surface area (Å²) in [7, 11) is -3.48. The minimum absolute atomic E-state index is 0.0578. The van der Waals surface area contributed by atoms with E-state index in [9.17, 15) is 13.2 Å². The number of hydrogen-bond donors (Lipinski definition) is 2. The smallest absolute Gasteiger partial charge is 0.254 e. The van der Waals surface area contributed by atoms with Crippen molar-refractivity contribution in [3.63, 3.8) is 0 Å². The molecule has 0 radical (unpaired) electrons. The van der Waals surface area contributed by atoms with Gasteiger partial charge in [0.15, 0.2) is 0 Å². The number of aromatic nitrogens is 1. The second-order valence-corrected chi connectivity index (χ2v) is 8.42. The molecule has 1 aliphatic carbocycles. The molecule has 1 unspecified atom stereocenters. The van der Waals surface area contributed by atoms with E-state index in [-0.39, 0.29) is 22.9 Å². The fraction of sp³-hybridized carbons (Fsp3) is 0.389. The summed E-state index contributed by atoms with van der Waals surface area (Å²) in [6.45, 7) is 0.714. The number of hydrogen-bond acceptors (Lipinski definition) is 3. The molecule has 2 aliphatic rings. The molecular weight excluding hydrogens is 338 g/mol. The lowest BCUT2D eigenvalue weighted by Gasteiger charge is -2.24. The molecule has 0 bridgehead atoms. The Balaban J connectivity index is 1.52. The number of nitrogens with zero attached hydrogens (tertiary/aromatic N) is 1. The minimum Gasteiger partial charge on any atom is -0.363 e. The number of carbonyl (C=O) groups is 1. The van der Waals surface area contributed by atoms with Crippen molar-refractivity contribution in [1.82, 2.24) is 14.6 Å². The standard InChI is InChI=1S/C18H21N3O3S/c22-18(21-12-2-4-17(21)16-3-1-11-19-16)13-5-9-15(10-6-13)25(23,24)20-14-7-8-14/h1,3,5-6,9-11,14,17,19-20H,2,4,7-8,12H2. The predicted octanol–water partition coefficient (Wildman–Crippen LogP) is 2.43. The molecule has 1 aromatic heterocycles. The van der Waals surface area contributed by atoms with E-state index in [1.165, 1.54) is 12.1 Å². The summed E-state index contributed by atoms with van der Waals surface area (Å²) in [6, 6.07) is 10.3. The largest absolute Gasteiger partial charge is 0.363 e. The van der Waals surface area contributed by atoms with Gasteiger partial charge in [-0.25, -0.2) is 13.1 Å². The summed E-state index contributed by atoms with van der Waals surface area (Å²) in [4.78, 5) is 18.1. The average Bonchev–Trinajstić information content (AvgIpc) is 3.07. The molecule has 2 fully saturated rings. The fourth-order valence-corrected chi connectivity index (χ4v) is 4.62. The maximum Gasteiger partial charge on any atom is 0.254 e. The lowest BCUT2D eigenvalue weighted by molar-refractivity contribution is 0.0733. The van der Waals surface area contributed by atoms with Gasteiger partial charge in [0, 0.05) is 30.0 Å². The quantitative estimate of drug-likeness (QED) is 0.860. The van der Waals surface area contributed by atoms with Crippen LogP contribution in [0.25, 0.3) is 0 Å². The predicted molar refractivity (Wildman–Crippen MR) is 93.6 cm³/mol. The summed E-state index contributed by atoms with van der Waals surface area (Å²) >= 11 is 0. The molecule has 1 amide bonds. The first kappa shape index (κ1) is 16.4. The van der Waals surface area contributed by atoms with E-state index < -0.39 is 10.0 Å². The van der Waals surface area contributed by atoms with E-state index in [1.807, 2.05) is 23.2 Å². The van der Waals surface area contributed by atoms with Crippen LogP contribution in [0.3, 0.4) is 0 Å². The number of benzene rings is 1. The highest BCUT2D eigenvalue weighted by molar-refractivity contribution is 7.89. The van der Waals surface area contributed by atoms with Crippen molar-refractivity contribution >= 4 is 15.9 Å². The lowest BCUT2D eigenvalue weighted by atomic mass is 10.1. The Bertz CT molecular complexity index is 855. The second kappa shape index (κ2) is 6.31. The van der Waals surface area contributed by atoms with E-state index >= 15 is 0 Å². The first-order valence-electron chi connectivity index (χ1n) is 8.61. The zero-order chi connectivity index (χ0) is 17.4. The van der Waals surface area contributed by atoms with Crippen LogP contribution in [0.4, 0.5) is 0 Å². The Morgan fingerprint density at radius 3 is 2.52 bits per heavy atom. The van der Waals surface area contributed by atoms with Crippen LogP contribution in [0.2, 0.25) is 0 Å². The Labute approximate surface area is 147 Å². The molecule has 7 heteroatoms. The molecule has 1 atom stereocenters. The summed E-state index contributed by atoms with van der Waals surface area (Å²) in [5.74, 6) is -0.0591. The zero-order valence-electron chi connectivity index (χ0n) is 13.8. The van der Waals surface area contributed by atoms with Gasteiger partial charge in [-0.15, -0.1) is 0 Å². The molecule has 1 saturated heterocycles. The van der Waals surface area contributed by atoms with E-state index in [4.69, 9.17) is 0 Å². The molecule has 132 valence electrons. The first-order chi connectivity index (χ1) is 12.0. The van der Waals surface area contributed by atoms with Crippen molar-refractivity contribution in [3.05, 3.63) is 53.9 Å². The Hall–Kier alpha value is -2.12. The van der Waals surface area contributed by atoms with Gasteiger partial charge in [-0.2, -0.15) is 0 Å². The van der Waals surface area contributed by atoms with Gasteiger partial charge < -0.3 is 9.88 Å². The third-order valence-corrected chi connectivity index (χ3v) is 6.34. The number of aromatic amines is 1. The highest BCUT2D eigenvalue weighted by atomic mass is 32.2. The van der Waals surface area contributed by atoms with Crippen molar-refractivity contribution in [2.45, 2.75) is 42.7 Å². The molecule has 0 spiro atoms. The van der Waals surface area contributed by atoms with Crippen LogP contribution in [0.1, 0.15) is 47.8 Å². The monoisotopic (exact) mass is 359 g/mol. The Morgan fingerprint density at radius 2 is 1.88 bits per heavy atom. The molecule has 4 rings (SSSR count). The van der Waals surface area contributed by atoms with Gasteiger partial charge in [0.1, 0.15) is 0 Å². The molecule has 6 nitrogen and oxygen atoms in total. The number of nitrogens with one attached hydrogen (secondary N) is 2. The highest BCUT2D eigenvalue weighted by Gasteiger charge is 2.32. The van der Waals surface area contributed by atoms with E-state index in [1.54, 1.807) is 12.1 Å². The topological polar surface area (TPSA) is 82.3 Å². The van der Waals surface area contributed by atoms with Crippen LogP contribution in [0.15, 0.2) is 47.5 Å². The Morgan fingerprint density at radius 1 is 1.12 bits per heavy atom. The number of likely N-dealkylation sites (tertiary alicyclic amines) is 1. The molecule has 2 heterocycles. The molecule has 1 aromatic carbocycles. The van der Waals surface area contributed by atoms with Gasteiger partial charge in [-0.05, 0) is 62.1 Å². The number of amides is 1. The zero-order valence-corrected chi connectivity index (χ0v) is 14.6. The molecule has 1 aliphatic heterocycles. The SMILES string of the molecule is O=C(c1ccc(S(=O)(=O)NC2CC2)cc1)N1CCCC1c1ccc[nH]1. The van der Waals surface area contributed by atoms with Gasteiger partial charge in [-0.1, -0.05) is 0 Å². The number of carbonyl (C=O) groups excluding carboxylic acids is 1. The van der Waals surface area contributed by atoms with E-state index in [0.29, 0.717) is 12.1 Å². The van der Waals surface area contributed by atoms with Crippen LogP contribution < -0.4 is 4.72 Å². The summed E-state index contributed by atoms with van der Waals surface area (Å²) in [6.07, 6.45) is 5.55. The average molecular weight is 359 g/mol. The van der Waals surface area contributed by atoms with Crippen molar-refractivity contribution in [3.8, 4) is 0 Å². The second-order valence-electron chi connectivity index (χ2n) is 6.70. The number of sulfonamides is 1. The van der Waals surface area contributed by atoms with Crippen molar-refractivity contribution < 1.29 is 13.2 Å². The number of rotatable bonds is 5. The van der Waals surface area contributed by atoms with Crippen LogP contribution >= 0.6 is 0 Å². The summed E-state index contributed by atoms with van der Waals surface area (Å²) in [5, 5.41) is 0. The normalized spacial score (nSPS) is 20.8. The van der Waals surface area contributed by atoms with Crippen LogP contribution in [-0.4, -0.2) is 36.8 Å². The van der Waals surface area contributed by atoms with Gasteiger partial charge in [0.2, 0.25) is 10.0 Å². The third kappa shape index (κ3) is 3.34. The minimum atomic E-state index is -3.48. The van der Waals surface area contributed by atoms with Crippen LogP contribution in [0, 0.1) is 0 Å². The van der Waals surface area contributed by atoms with Gasteiger partial charge in [0.05, 0.1) is 10.9 Å². The van der Waals surface area contributed by atoms with Crippen molar-refractivity contribution in [2.24, 2.45) is 0 Å². The summed E-state index contributed by atoms with van der Waals surface area (Å²) in [5.41, 5.74) is 1.56. The maximum absolute atomic E-state index is 12.8. The van der Waals surface area contributed by atoms with Crippen LogP contribution in [-0.2, 0) is 10.0 Å². The molecule has 1 saturated carbocycles. The third-order valence-electron chi connectivity index (χ3n) is 4.81. The maximum atomic E-state index is 12.8. The van der Waals surface area contributed by atoms with E-state index in [0.717, 1.165) is 31.4 Å². The van der Waals surface area contributed by atoms with Gasteiger partial charge >= 0.3 is 0 Å². The van der Waals surface area contributed by atoms with Crippen molar-refractivity contribution in [1.29, 1.82) is 0 Å². The van der Waals surface area contributed by atoms with Gasteiger partial charge in [-0.3, -0.25) is 4.79 Å². The van der Waals surface area contributed by atoms with Crippen LogP contribution in [0.5, 0.6) is 0 Å². The molecular formula is C18H21N3O3S. The first-order valence-corrected chi connectivity index (χ1v) is 10.1. The van der Waals surface area contributed by atoms with E-state index in [2.05, 4.69) is 9.71 Å². The summed E-state index contributed by atoms with van der Waals surface area (Å²) < 4.78 is 27.1. The molecule has 2 aromatic rings. The lowest BCUT2D eigenvalue weighted by Crippen LogP contribution is -2.31. The number of H-pyrrole nitrogens is 1.